The lowest BCUT2D eigenvalue weighted by Gasteiger charge is -2.26. The third kappa shape index (κ3) is 2.36. The van der Waals surface area contributed by atoms with Gasteiger partial charge in [0.2, 0.25) is 0 Å². The van der Waals surface area contributed by atoms with Crippen molar-refractivity contribution in [2.45, 2.75) is 31.7 Å². The smallest absolute Gasteiger partial charge is 0.142 e. The van der Waals surface area contributed by atoms with E-state index in [1.165, 1.54) is 12.5 Å². The molecule has 2 nitrogen and oxygen atoms in total. The number of halogens is 2. The molecule has 2 saturated carbocycles. The SMILES string of the molecule is NC1C2CCC(C2)C1C(=O)Cc1ccc(F)c(Br)c1. The number of ketones is 1. The number of hydrogen-bond acceptors (Lipinski definition) is 2. The van der Waals surface area contributed by atoms with Crippen LogP contribution in [0.25, 0.3) is 0 Å². The Kier molecular flexibility index (Phi) is 3.48. The molecule has 4 heteroatoms. The molecule has 102 valence electrons. The summed E-state index contributed by atoms with van der Waals surface area (Å²) in [5.41, 5.74) is 7.04. The van der Waals surface area contributed by atoms with Gasteiger partial charge in [-0.3, -0.25) is 4.79 Å². The Morgan fingerprint density at radius 2 is 2.11 bits per heavy atom. The van der Waals surface area contributed by atoms with Crippen molar-refractivity contribution in [3.63, 3.8) is 0 Å². The number of carbonyl (C=O) groups excluding carboxylic acids is 1. The number of benzene rings is 1. The predicted molar refractivity (Wildman–Crippen MR) is 75.1 cm³/mol. The molecule has 0 spiro atoms. The quantitative estimate of drug-likeness (QED) is 0.928. The van der Waals surface area contributed by atoms with Crippen LogP contribution >= 0.6 is 15.9 Å². The van der Waals surface area contributed by atoms with E-state index < -0.39 is 0 Å². The Labute approximate surface area is 120 Å². The molecule has 1 aromatic carbocycles. The van der Waals surface area contributed by atoms with Crippen LogP contribution in [-0.2, 0) is 11.2 Å². The third-order valence-electron chi connectivity index (χ3n) is 4.71. The number of carbonyl (C=O) groups is 1. The maximum atomic E-state index is 13.2. The van der Waals surface area contributed by atoms with Crippen LogP contribution in [0.4, 0.5) is 4.39 Å². The standard InChI is InChI=1S/C15H17BrFNO/c16-11-5-8(1-4-12(11)17)6-13(19)14-9-2-3-10(7-9)15(14)18/h1,4-5,9-10,14-15H,2-3,6-7,18H2. The number of rotatable bonds is 3. The van der Waals surface area contributed by atoms with Gasteiger partial charge in [0, 0.05) is 18.4 Å². The van der Waals surface area contributed by atoms with Gasteiger partial charge in [0.25, 0.3) is 0 Å². The Morgan fingerprint density at radius 1 is 1.37 bits per heavy atom. The molecular formula is C15H17BrFNO. The van der Waals surface area contributed by atoms with E-state index in [0.29, 0.717) is 22.7 Å². The fourth-order valence-corrected chi connectivity index (χ4v) is 4.21. The Hall–Kier alpha value is -0.740. The summed E-state index contributed by atoms with van der Waals surface area (Å²) < 4.78 is 13.6. The highest BCUT2D eigenvalue weighted by Crippen LogP contribution is 2.48. The highest BCUT2D eigenvalue weighted by Gasteiger charge is 2.48. The van der Waals surface area contributed by atoms with E-state index >= 15 is 0 Å². The van der Waals surface area contributed by atoms with Crippen molar-refractivity contribution in [2.75, 3.05) is 0 Å². The summed E-state index contributed by atoms with van der Waals surface area (Å²) in [5, 5.41) is 0. The summed E-state index contributed by atoms with van der Waals surface area (Å²) >= 11 is 3.15. The Morgan fingerprint density at radius 3 is 2.74 bits per heavy atom. The highest BCUT2D eigenvalue weighted by atomic mass is 79.9. The summed E-state index contributed by atoms with van der Waals surface area (Å²) in [6.07, 6.45) is 3.80. The molecule has 0 heterocycles. The molecule has 19 heavy (non-hydrogen) atoms. The first kappa shape index (κ1) is 13.3. The first-order valence-corrected chi connectivity index (χ1v) is 7.58. The molecule has 0 saturated heterocycles. The van der Waals surface area contributed by atoms with Crippen LogP contribution in [0, 0.1) is 23.6 Å². The summed E-state index contributed by atoms with van der Waals surface area (Å²) in [4.78, 5) is 12.4. The average Bonchev–Trinajstić information content (AvgIpc) is 2.94. The number of Topliss-reactive ketones (excluding diaryl/α,β-unsaturated/α-hetero) is 1. The molecule has 2 aliphatic rings. The summed E-state index contributed by atoms with van der Waals surface area (Å²) in [5.74, 6) is 0.962. The minimum atomic E-state index is -0.298. The lowest BCUT2D eigenvalue weighted by atomic mass is 9.80. The van der Waals surface area contributed by atoms with Gasteiger partial charge < -0.3 is 5.73 Å². The van der Waals surface area contributed by atoms with Crippen LogP contribution in [0.3, 0.4) is 0 Å². The first-order valence-electron chi connectivity index (χ1n) is 6.78. The Balaban J connectivity index is 1.73. The van der Waals surface area contributed by atoms with E-state index in [4.69, 9.17) is 5.73 Å². The highest BCUT2D eigenvalue weighted by molar-refractivity contribution is 9.10. The fraction of sp³-hybridized carbons (Fsp3) is 0.533. The van der Waals surface area contributed by atoms with Crippen molar-refractivity contribution in [3.05, 3.63) is 34.1 Å². The van der Waals surface area contributed by atoms with Crippen molar-refractivity contribution in [3.8, 4) is 0 Å². The van der Waals surface area contributed by atoms with Crippen molar-refractivity contribution in [2.24, 2.45) is 23.5 Å². The van der Waals surface area contributed by atoms with Gasteiger partial charge in [-0.2, -0.15) is 0 Å². The van der Waals surface area contributed by atoms with E-state index in [1.54, 1.807) is 12.1 Å². The maximum absolute atomic E-state index is 13.2. The second kappa shape index (κ2) is 4.98. The van der Waals surface area contributed by atoms with Crippen LogP contribution in [-0.4, -0.2) is 11.8 Å². The molecule has 4 unspecified atom stereocenters. The van der Waals surface area contributed by atoms with Gasteiger partial charge in [0.1, 0.15) is 11.6 Å². The van der Waals surface area contributed by atoms with Crippen molar-refractivity contribution >= 4 is 21.7 Å². The monoisotopic (exact) mass is 325 g/mol. The Bertz CT molecular complexity index is 517. The molecular weight excluding hydrogens is 309 g/mol. The van der Waals surface area contributed by atoms with Gasteiger partial charge in [0.15, 0.2) is 0 Å². The molecule has 0 aromatic heterocycles. The molecule has 2 fully saturated rings. The topological polar surface area (TPSA) is 43.1 Å². The molecule has 0 aliphatic heterocycles. The summed E-state index contributed by atoms with van der Waals surface area (Å²) in [6, 6.07) is 4.80. The molecule has 2 bridgehead atoms. The third-order valence-corrected chi connectivity index (χ3v) is 5.32. The molecule has 2 aliphatic carbocycles. The zero-order valence-corrected chi connectivity index (χ0v) is 12.2. The first-order chi connectivity index (χ1) is 9.06. The normalized spacial score (nSPS) is 32.8. The van der Waals surface area contributed by atoms with Gasteiger partial charge in [-0.05, 0) is 64.7 Å². The van der Waals surface area contributed by atoms with Gasteiger partial charge in [-0.25, -0.2) is 4.39 Å². The number of nitrogens with two attached hydrogens (primary N) is 1. The minimum absolute atomic E-state index is 0.0163. The van der Waals surface area contributed by atoms with E-state index in [-0.39, 0.29) is 23.6 Å². The zero-order valence-electron chi connectivity index (χ0n) is 10.6. The van der Waals surface area contributed by atoms with Gasteiger partial charge in [-0.15, -0.1) is 0 Å². The number of fused-ring (bicyclic) bond motifs is 2. The van der Waals surface area contributed by atoms with Crippen molar-refractivity contribution in [1.29, 1.82) is 0 Å². The molecule has 4 atom stereocenters. The van der Waals surface area contributed by atoms with E-state index in [9.17, 15) is 9.18 Å². The summed E-state index contributed by atoms with van der Waals surface area (Å²) in [6.45, 7) is 0. The van der Waals surface area contributed by atoms with Crippen molar-refractivity contribution in [1.82, 2.24) is 0 Å². The second-order valence-corrected chi connectivity index (χ2v) is 6.68. The van der Waals surface area contributed by atoms with E-state index in [2.05, 4.69) is 15.9 Å². The fourth-order valence-electron chi connectivity index (χ4n) is 3.78. The maximum Gasteiger partial charge on any atom is 0.142 e. The summed E-state index contributed by atoms with van der Waals surface area (Å²) in [7, 11) is 0. The van der Waals surface area contributed by atoms with Crippen LogP contribution in [0.1, 0.15) is 24.8 Å². The van der Waals surface area contributed by atoms with Crippen LogP contribution in [0.2, 0.25) is 0 Å². The lowest BCUT2D eigenvalue weighted by molar-refractivity contribution is -0.124. The molecule has 3 rings (SSSR count). The average molecular weight is 326 g/mol. The largest absolute Gasteiger partial charge is 0.327 e. The van der Waals surface area contributed by atoms with Crippen LogP contribution in [0.5, 0.6) is 0 Å². The lowest BCUT2D eigenvalue weighted by Crippen LogP contribution is -2.40. The zero-order chi connectivity index (χ0) is 13.6. The minimum Gasteiger partial charge on any atom is -0.327 e. The molecule has 1 aromatic rings. The molecule has 0 amide bonds. The van der Waals surface area contributed by atoms with Gasteiger partial charge >= 0.3 is 0 Å². The molecule has 0 radical (unpaired) electrons. The van der Waals surface area contributed by atoms with E-state index in [1.807, 2.05) is 0 Å². The molecule has 2 N–H and O–H groups in total. The van der Waals surface area contributed by atoms with Gasteiger partial charge in [0.05, 0.1) is 4.47 Å². The number of hydrogen-bond donors (Lipinski definition) is 1. The van der Waals surface area contributed by atoms with Crippen molar-refractivity contribution < 1.29 is 9.18 Å². The van der Waals surface area contributed by atoms with E-state index in [0.717, 1.165) is 18.4 Å². The van der Waals surface area contributed by atoms with Crippen LogP contribution in [0.15, 0.2) is 22.7 Å². The van der Waals surface area contributed by atoms with Gasteiger partial charge in [-0.1, -0.05) is 6.07 Å². The predicted octanol–water partition coefficient (Wildman–Crippen LogP) is 3.07. The second-order valence-electron chi connectivity index (χ2n) is 5.83. The van der Waals surface area contributed by atoms with Crippen LogP contribution < -0.4 is 5.73 Å².